The second kappa shape index (κ2) is 6.38. The third-order valence-electron chi connectivity index (χ3n) is 2.80. The third kappa shape index (κ3) is 4.50. The van der Waals surface area contributed by atoms with Gasteiger partial charge < -0.3 is 5.32 Å². The van der Waals surface area contributed by atoms with E-state index in [4.69, 9.17) is 0 Å². The second-order valence-electron chi connectivity index (χ2n) is 4.38. The average molecular weight is 295 g/mol. The minimum Gasteiger partial charge on any atom is -0.313 e. The summed E-state index contributed by atoms with van der Waals surface area (Å²) in [6, 6.07) is 1.46. The predicted molar refractivity (Wildman–Crippen MR) is 67.1 cm³/mol. The fraction of sp³-hybridized carbons (Fsp3) is 0.500. The maximum absolute atomic E-state index is 13.6. The van der Waals surface area contributed by atoms with Crippen LogP contribution in [0.25, 0.3) is 0 Å². The first-order chi connectivity index (χ1) is 8.76. The Labute approximate surface area is 110 Å². The zero-order valence-electron chi connectivity index (χ0n) is 10.7. The SMILES string of the molecule is CNC(CCCS(C)(=O)=O)c1ccc(F)c(F)c1F. The molecule has 1 aromatic carbocycles. The van der Waals surface area contributed by atoms with E-state index in [2.05, 4.69) is 5.32 Å². The fourth-order valence-electron chi connectivity index (χ4n) is 1.81. The van der Waals surface area contributed by atoms with Gasteiger partial charge in [0.15, 0.2) is 17.5 Å². The fourth-order valence-corrected chi connectivity index (χ4v) is 2.51. The molecule has 1 unspecified atom stereocenters. The van der Waals surface area contributed by atoms with E-state index >= 15 is 0 Å². The Morgan fingerprint density at radius 1 is 1.21 bits per heavy atom. The molecule has 1 atom stereocenters. The van der Waals surface area contributed by atoms with E-state index in [1.807, 2.05) is 0 Å². The molecule has 0 saturated heterocycles. The Morgan fingerprint density at radius 3 is 2.37 bits per heavy atom. The molecule has 0 amide bonds. The maximum atomic E-state index is 13.6. The molecule has 108 valence electrons. The van der Waals surface area contributed by atoms with Gasteiger partial charge in [0.2, 0.25) is 0 Å². The van der Waals surface area contributed by atoms with E-state index < -0.39 is 33.3 Å². The van der Waals surface area contributed by atoms with Gasteiger partial charge in [0.05, 0.1) is 0 Å². The number of benzene rings is 1. The molecular weight excluding hydrogens is 279 g/mol. The molecule has 0 fully saturated rings. The number of halogens is 3. The van der Waals surface area contributed by atoms with Crippen LogP contribution in [0.5, 0.6) is 0 Å². The van der Waals surface area contributed by atoms with Crippen molar-refractivity contribution in [2.24, 2.45) is 0 Å². The van der Waals surface area contributed by atoms with Crippen molar-refractivity contribution in [1.29, 1.82) is 0 Å². The highest BCUT2D eigenvalue weighted by atomic mass is 32.2. The summed E-state index contributed by atoms with van der Waals surface area (Å²) in [4.78, 5) is 0. The van der Waals surface area contributed by atoms with E-state index in [1.54, 1.807) is 7.05 Å². The Bertz CT molecular complexity index is 546. The van der Waals surface area contributed by atoms with Crippen LogP contribution in [0, 0.1) is 17.5 Å². The Kier molecular flexibility index (Phi) is 5.37. The average Bonchev–Trinajstić information content (AvgIpc) is 2.32. The van der Waals surface area contributed by atoms with E-state index in [0.717, 1.165) is 18.4 Å². The predicted octanol–water partition coefficient (Wildman–Crippen LogP) is 2.19. The topological polar surface area (TPSA) is 46.2 Å². The summed E-state index contributed by atoms with van der Waals surface area (Å²) >= 11 is 0. The molecule has 0 spiro atoms. The molecule has 0 radical (unpaired) electrons. The first kappa shape index (κ1) is 16.0. The zero-order chi connectivity index (χ0) is 14.6. The first-order valence-electron chi connectivity index (χ1n) is 5.74. The lowest BCUT2D eigenvalue weighted by molar-refractivity contribution is 0.423. The summed E-state index contributed by atoms with van der Waals surface area (Å²) < 4.78 is 61.5. The summed E-state index contributed by atoms with van der Waals surface area (Å²) in [6.07, 6.45) is 1.73. The minimum atomic E-state index is -3.09. The summed E-state index contributed by atoms with van der Waals surface area (Å²) in [5.74, 6) is -4.02. The van der Waals surface area contributed by atoms with Crippen molar-refractivity contribution in [2.75, 3.05) is 19.1 Å². The molecule has 0 aromatic heterocycles. The van der Waals surface area contributed by atoms with Crippen LogP contribution >= 0.6 is 0 Å². The molecule has 0 aliphatic carbocycles. The van der Waals surface area contributed by atoms with Crippen LogP contribution in [0.3, 0.4) is 0 Å². The normalized spacial score (nSPS) is 13.5. The lowest BCUT2D eigenvalue weighted by Crippen LogP contribution is -2.19. The number of rotatable bonds is 6. The van der Waals surface area contributed by atoms with Crippen molar-refractivity contribution in [3.63, 3.8) is 0 Å². The minimum absolute atomic E-state index is 0.00472. The molecule has 1 N–H and O–H groups in total. The molecule has 0 aliphatic heterocycles. The van der Waals surface area contributed by atoms with Crippen LogP contribution in [0.4, 0.5) is 13.2 Å². The van der Waals surface area contributed by atoms with Crippen LogP contribution < -0.4 is 5.32 Å². The molecule has 0 aliphatic rings. The van der Waals surface area contributed by atoms with E-state index in [-0.39, 0.29) is 11.3 Å². The van der Waals surface area contributed by atoms with Crippen molar-refractivity contribution in [3.8, 4) is 0 Å². The van der Waals surface area contributed by atoms with Gasteiger partial charge in [0.1, 0.15) is 9.84 Å². The zero-order valence-corrected chi connectivity index (χ0v) is 11.5. The molecule has 0 saturated carbocycles. The molecule has 0 heterocycles. The van der Waals surface area contributed by atoms with Crippen molar-refractivity contribution >= 4 is 9.84 Å². The summed E-state index contributed by atoms with van der Waals surface area (Å²) in [7, 11) is -1.54. The highest BCUT2D eigenvalue weighted by Gasteiger charge is 2.19. The van der Waals surface area contributed by atoms with Crippen molar-refractivity contribution in [1.82, 2.24) is 5.32 Å². The quantitative estimate of drug-likeness (QED) is 0.818. The van der Waals surface area contributed by atoms with Crippen LogP contribution in [0.2, 0.25) is 0 Å². The van der Waals surface area contributed by atoms with Crippen molar-refractivity contribution < 1.29 is 21.6 Å². The Morgan fingerprint density at radius 2 is 1.84 bits per heavy atom. The van der Waals surface area contributed by atoms with Gasteiger partial charge >= 0.3 is 0 Å². The van der Waals surface area contributed by atoms with Gasteiger partial charge in [0, 0.05) is 23.6 Å². The smallest absolute Gasteiger partial charge is 0.194 e. The number of sulfone groups is 1. The molecule has 1 rings (SSSR count). The highest BCUT2D eigenvalue weighted by molar-refractivity contribution is 7.90. The van der Waals surface area contributed by atoms with Gasteiger partial charge in [-0.15, -0.1) is 0 Å². The highest BCUT2D eigenvalue weighted by Crippen LogP contribution is 2.24. The maximum Gasteiger partial charge on any atom is 0.194 e. The van der Waals surface area contributed by atoms with Crippen LogP contribution in [0.1, 0.15) is 24.4 Å². The van der Waals surface area contributed by atoms with Crippen LogP contribution in [-0.2, 0) is 9.84 Å². The van der Waals surface area contributed by atoms with E-state index in [1.165, 1.54) is 0 Å². The van der Waals surface area contributed by atoms with E-state index in [0.29, 0.717) is 12.8 Å². The van der Waals surface area contributed by atoms with E-state index in [9.17, 15) is 21.6 Å². The number of hydrogen-bond donors (Lipinski definition) is 1. The molecule has 19 heavy (non-hydrogen) atoms. The van der Waals surface area contributed by atoms with Gasteiger partial charge in [0.25, 0.3) is 0 Å². The molecule has 3 nitrogen and oxygen atoms in total. The van der Waals surface area contributed by atoms with Gasteiger partial charge in [-0.3, -0.25) is 0 Å². The number of hydrogen-bond acceptors (Lipinski definition) is 3. The van der Waals surface area contributed by atoms with Crippen LogP contribution in [-0.4, -0.2) is 27.5 Å². The molecule has 7 heteroatoms. The molecule has 1 aromatic rings. The monoisotopic (exact) mass is 295 g/mol. The van der Waals surface area contributed by atoms with Crippen molar-refractivity contribution in [3.05, 3.63) is 35.1 Å². The number of nitrogens with one attached hydrogen (secondary N) is 1. The lowest BCUT2D eigenvalue weighted by atomic mass is 10.0. The summed E-state index contributed by atoms with van der Waals surface area (Å²) in [5, 5.41) is 2.77. The Hall–Kier alpha value is -1.08. The van der Waals surface area contributed by atoms with Crippen molar-refractivity contribution in [2.45, 2.75) is 18.9 Å². The largest absolute Gasteiger partial charge is 0.313 e. The van der Waals surface area contributed by atoms with Gasteiger partial charge in [-0.2, -0.15) is 0 Å². The van der Waals surface area contributed by atoms with Gasteiger partial charge in [-0.05, 0) is 26.0 Å². The summed E-state index contributed by atoms with van der Waals surface area (Å²) in [6.45, 7) is 0. The Balaban J connectivity index is 2.83. The summed E-state index contributed by atoms with van der Waals surface area (Å²) in [5.41, 5.74) is -0.00472. The third-order valence-corrected chi connectivity index (χ3v) is 3.83. The first-order valence-corrected chi connectivity index (χ1v) is 7.80. The standard InChI is InChI=1S/C12H16F3NO2S/c1-16-10(4-3-7-19(2,17)18)8-5-6-9(13)12(15)11(8)14/h5-6,10,16H,3-4,7H2,1-2H3. The lowest BCUT2D eigenvalue weighted by Gasteiger charge is -2.17. The molecular formula is C12H16F3NO2S. The second-order valence-corrected chi connectivity index (χ2v) is 6.64. The van der Waals surface area contributed by atoms with Gasteiger partial charge in [-0.25, -0.2) is 21.6 Å². The molecule has 0 bridgehead atoms. The van der Waals surface area contributed by atoms with Crippen LogP contribution in [0.15, 0.2) is 12.1 Å². The van der Waals surface area contributed by atoms with Gasteiger partial charge in [-0.1, -0.05) is 6.07 Å².